The number of rotatable bonds is 4. The van der Waals surface area contributed by atoms with E-state index in [1.807, 2.05) is 5.32 Å². The highest BCUT2D eigenvalue weighted by atomic mass is 35.5. The molecule has 1 atom stereocenters. The summed E-state index contributed by atoms with van der Waals surface area (Å²) in [5, 5.41) is 11.8. The van der Waals surface area contributed by atoms with E-state index >= 15 is 0 Å². The van der Waals surface area contributed by atoms with Gasteiger partial charge in [0.05, 0.1) is 10.7 Å². The fraction of sp³-hybridized carbons (Fsp3) is 0.214. The molecule has 1 aromatic heterocycles. The number of aliphatic hydroxyl groups is 1. The first kappa shape index (κ1) is 18.5. The molecular weight excluding hydrogens is 367 g/mol. The molecule has 2 aromatic rings. The van der Waals surface area contributed by atoms with Gasteiger partial charge in [0.15, 0.2) is 5.16 Å². The van der Waals surface area contributed by atoms with Crippen LogP contribution in [0.25, 0.3) is 0 Å². The molecule has 24 heavy (non-hydrogen) atoms. The maximum Gasteiger partial charge on any atom is 0.426 e. The van der Waals surface area contributed by atoms with Crippen molar-refractivity contribution in [1.29, 1.82) is 0 Å². The standard InChI is InChI=1S/C14H11ClF3N3O2S/c1-13(23,14(16,17)18)11(22)21-10-4-3-8(7-9(10)15)24-12-19-5-2-6-20-12/h2-7,23H,1H3,(H,21,22)/t13-/m1/s1. The molecule has 0 saturated carbocycles. The van der Waals surface area contributed by atoms with Crippen molar-refractivity contribution in [2.24, 2.45) is 0 Å². The minimum atomic E-state index is -5.11. The Hall–Kier alpha value is -1.84. The second-order valence-corrected chi connectivity index (χ2v) is 6.25. The molecule has 1 heterocycles. The van der Waals surface area contributed by atoms with Crippen LogP contribution >= 0.6 is 23.4 Å². The van der Waals surface area contributed by atoms with Gasteiger partial charge in [0, 0.05) is 17.3 Å². The third-order valence-electron chi connectivity index (χ3n) is 2.93. The summed E-state index contributed by atoms with van der Waals surface area (Å²) in [6.45, 7) is 0.368. The van der Waals surface area contributed by atoms with Crippen molar-refractivity contribution in [1.82, 2.24) is 9.97 Å². The second-order valence-electron chi connectivity index (χ2n) is 4.80. The maximum atomic E-state index is 12.6. The fourth-order valence-corrected chi connectivity index (χ4v) is 2.52. The van der Waals surface area contributed by atoms with Crippen LogP contribution in [0.2, 0.25) is 5.02 Å². The lowest BCUT2D eigenvalue weighted by Crippen LogP contribution is -2.52. The molecule has 0 bridgehead atoms. The van der Waals surface area contributed by atoms with Crippen LogP contribution < -0.4 is 5.32 Å². The van der Waals surface area contributed by atoms with Gasteiger partial charge in [-0.2, -0.15) is 13.2 Å². The highest BCUT2D eigenvalue weighted by Crippen LogP contribution is 2.34. The predicted octanol–water partition coefficient (Wildman–Crippen LogP) is 3.53. The molecule has 128 valence electrons. The Morgan fingerprint density at radius 2 is 1.92 bits per heavy atom. The van der Waals surface area contributed by atoms with E-state index in [0.717, 1.165) is 0 Å². The smallest absolute Gasteiger partial charge is 0.373 e. The third-order valence-corrected chi connectivity index (χ3v) is 4.13. The number of amides is 1. The number of carbonyl (C=O) groups is 1. The first-order valence-electron chi connectivity index (χ1n) is 6.46. The number of aromatic nitrogens is 2. The van der Waals surface area contributed by atoms with Crippen LogP contribution in [0.15, 0.2) is 46.7 Å². The van der Waals surface area contributed by atoms with Crippen LogP contribution in [0.5, 0.6) is 0 Å². The summed E-state index contributed by atoms with van der Waals surface area (Å²) in [7, 11) is 0. The minimum absolute atomic E-state index is 0.0160. The van der Waals surface area contributed by atoms with Crippen molar-refractivity contribution in [2.45, 2.75) is 28.8 Å². The average molecular weight is 378 g/mol. The Morgan fingerprint density at radius 3 is 2.46 bits per heavy atom. The van der Waals surface area contributed by atoms with Crippen LogP contribution in [0.1, 0.15) is 6.92 Å². The van der Waals surface area contributed by atoms with Crippen molar-refractivity contribution >= 4 is 35.0 Å². The van der Waals surface area contributed by atoms with Gasteiger partial charge in [-0.05, 0) is 43.0 Å². The molecule has 10 heteroatoms. The lowest BCUT2D eigenvalue weighted by atomic mass is 10.1. The van der Waals surface area contributed by atoms with Gasteiger partial charge in [-0.25, -0.2) is 9.97 Å². The van der Waals surface area contributed by atoms with E-state index < -0.39 is 17.7 Å². The summed E-state index contributed by atoms with van der Waals surface area (Å²) in [6, 6.07) is 5.96. The number of nitrogens with one attached hydrogen (secondary N) is 1. The van der Waals surface area contributed by atoms with Crippen molar-refractivity contribution in [3.63, 3.8) is 0 Å². The molecule has 5 nitrogen and oxygen atoms in total. The highest BCUT2D eigenvalue weighted by molar-refractivity contribution is 7.99. The molecular formula is C14H11ClF3N3O2S. The highest BCUT2D eigenvalue weighted by Gasteiger charge is 2.55. The predicted molar refractivity (Wildman–Crippen MR) is 82.9 cm³/mol. The zero-order valence-corrected chi connectivity index (χ0v) is 13.7. The van der Waals surface area contributed by atoms with Gasteiger partial charge in [-0.3, -0.25) is 4.79 Å². The summed E-state index contributed by atoms with van der Waals surface area (Å²) < 4.78 is 37.9. The van der Waals surface area contributed by atoms with Gasteiger partial charge in [-0.15, -0.1) is 0 Å². The number of halogens is 4. The largest absolute Gasteiger partial charge is 0.426 e. The Balaban J connectivity index is 2.14. The van der Waals surface area contributed by atoms with E-state index in [0.29, 0.717) is 17.0 Å². The summed E-state index contributed by atoms with van der Waals surface area (Å²) in [6.07, 6.45) is -1.99. The lowest BCUT2D eigenvalue weighted by Gasteiger charge is -2.25. The molecule has 0 aliphatic rings. The molecule has 0 aliphatic carbocycles. The SMILES string of the molecule is C[C@@](O)(C(=O)Nc1ccc(Sc2ncccn2)cc1Cl)C(F)(F)F. The van der Waals surface area contributed by atoms with E-state index in [1.165, 1.54) is 30.0 Å². The molecule has 0 aliphatic heterocycles. The van der Waals surface area contributed by atoms with Crippen LogP contribution in [0.4, 0.5) is 18.9 Å². The monoisotopic (exact) mass is 377 g/mol. The molecule has 2 N–H and O–H groups in total. The van der Waals surface area contributed by atoms with Crippen molar-refractivity contribution < 1.29 is 23.1 Å². The zero-order chi connectivity index (χ0) is 18.0. The lowest BCUT2D eigenvalue weighted by molar-refractivity contribution is -0.242. The first-order valence-corrected chi connectivity index (χ1v) is 7.65. The third kappa shape index (κ3) is 4.16. The first-order chi connectivity index (χ1) is 11.1. The molecule has 1 aromatic carbocycles. The minimum Gasteiger partial charge on any atom is -0.373 e. The van der Waals surface area contributed by atoms with Gasteiger partial charge in [0.25, 0.3) is 5.91 Å². The van der Waals surface area contributed by atoms with Gasteiger partial charge >= 0.3 is 6.18 Å². The van der Waals surface area contributed by atoms with Crippen LogP contribution in [0, 0.1) is 0 Å². The number of hydrogen-bond donors (Lipinski definition) is 2. The van der Waals surface area contributed by atoms with E-state index in [-0.39, 0.29) is 10.7 Å². The van der Waals surface area contributed by atoms with E-state index in [2.05, 4.69) is 9.97 Å². The topological polar surface area (TPSA) is 75.1 Å². The Bertz CT molecular complexity index is 742. The quantitative estimate of drug-likeness (QED) is 0.797. The number of alkyl halides is 3. The summed E-state index contributed by atoms with van der Waals surface area (Å²) >= 11 is 7.16. The average Bonchev–Trinajstić information content (AvgIpc) is 2.49. The van der Waals surface area contributed by atoms with Crippen molar-refractivity contribution in [2.75, 3.05) is 5.32 Å². The number of benzene rings is 1. The van der Waals surface area contributed by atoms with Gasteiger partial charge in [0.2, 0.25) is 5.60 Å². The maximum absolute atomic E-state index is 12.6. The molecule has 1 amide bonds. The fourth-order valence-electron chi connectivity index (χ4n) is 1.48. The molecule has 0 fully saturated rings. The normalized spacial score (nSPS) is 14.1. The Labute approximate surface area is 144 Å². The van der Waals surface area contributed by atoms with Crippen LogP contribution in [-0.4, -0.2) is 32.8 Å². The van der Waals surface area contributed by atoms with E-state index in [1.54, 1.807) is 18.5 Å². The Morgan fingerprint density at radius 1 is 1.29 bits per heavy atom. The summed E-state index contributed by atoms with van der Waals surface area (Å²) in [5.74, 6) is -1.62. The molecule has 2 rings (SSSR count). The van der Waals surface area contributed by atoms with Crippen molar-refractivity contribution in [3.8, 4) is 0 Å². The molecule has 0 spiro atoms. The van der Waals surface area contributed by atoms with Crippen LogP contribution in [0.3, 0.4) is 0 Å². The van der Waals surface area contributed by atoms with Crippen LogP contribution in [-0.2, 0) is 4.79 Å². The van der Waals surface area contributed by atoms with Gasteiger partial charge in [-0.1, -0.05) is 11.6 Å². The van der Waals surface area contributed by atoms with Gasteiger partial charge in [0.1, 0.15) is 0 Å². The van der Waals surface area contributed by atoms with Gasteiger partial charge < -0.3 is 10.4 Å². The van der Waals surface area contributed by atoms with Crippen molar-refractivity contribution in [3.05, 3.63) is 41.7 Å². The molecule has 0 saturated heterocycles. The number of anilines is 1. The number of hydrogen-bond acceptors (Lipinski definition) is 5. The summed E-state index contributed by atoms with van der Waals surface area (Å²) in [4.78, 5) is 20.3. The second kappa shape index (κ2) is 6.96. The number of carbonyl (C=O) groups excluding carboxylic acids is 1. The van der Waals surface area contributed by atoms with E-state index in [4.69, 9.17) is 11.6 Å². The molecule has 0 unspecified atom stereocenters. The molecule has 0 radical (unpaired) electrons. The summed E-state index contributed by atoms with van der Waals surface area (Å²) in [5.41, 5.74) is -3.58. The Kier molecular flexibility index (Phi) is 5.36. The van der Waals surface area contributed by atoms with E-state index in [9.17, 15) is 23.1 Å². The number of nitrogens with zero attached hydrogens (tertiary/aromatic N) is 2. The zero-order valence-electron chi connectivity index (χ0n) is 12.1.